The zero-order chi connectivity index (χ0) is 12.8. The van der Waals surface area contributed by atoms with Gasteiger partial charge in [-0.3, -0.25) is 0 Å². The summed E-state index contributed by atoms with van der Waals surface area (Å²) in [6.07, 6.45) is 0. The summed E-state index contributed by atoms with van der Waals surface area (Å²) in [5.74, 6) is 0.978. The van der Waals surface area contributed by atoms with E-state index in [9.17, 15) is 0 Å². The van der Waals surface area contributed by atoms with E-state index in [4.69, 9.17) is 4.74 Å². The van der Waals surface area contributed by atoms with Crippen LogP contribution in [0.15, 0.2) is 42.5 Å². The molecule has 2 nitrogen and oxygen atoms in total. The molecule has 2 aromatic rings. The number of nitrogens with zero attached hydrogens (tertiary/aromatic N) is 1. The second kappa shape index (κ2) is 3.84. The number of fused-ring (bicyclic) bond motifs is 1. The van der Waals surface area contributed by atoms with Crippen molar-refractivity contribution in [1.82, 2.24) is 0 Å². The van der Waals surface area contributed by atoms with E-state index in [1.54, 1.807) is 0 Å². The van der Waals surface area contributed by atoms with Crippen LogP contribution in [0, 0.1) is 0 Å². The normalized spacial score (nSPS) is 18.2. The van der Waals surface area contributed by atoms with E-state index in [-0.39, 0.29) is 5.54 Å². The second-order valence-electron chi connectivity index (χ2n) is 5.53. The van der Waals surface area contributed by atoms with Crippen LogP contribution < -0.4 is 0 Å². The first kappa shape index (κ1) is 11.3. The van der Waals surface area contributed by atoms with Gasteiger partial charge in [-0.05, 0) is 22.9 Å². The molecule has 92 valence electrons. The standard InChI is InChI=1S/C16H18NO/c1-16(2)11-18-15(17(16)3)14-9-8-12-6-4-5-7-13(12)10-14/h4-10H,11H2,1-3H3/q+1. The molecule has 0 saturated heterocycles. The molecule has 0 aromatic heterocycles. The molecule has 1 aliphatic heterocycles. The van der Waals surface area contributed by atoms with Crippen LogP contribution in [-0.2, 0) is 4.74 Å². The maximum atomic E-state index is 5.86. The van der Waals surface area contributed by atoms with E-state index in [1.165, 1.54) is 10.8 Å². The fraction of sp³-hybridized carbons (Fsp3) is 0.312. The van der Waals surface area contributed by atoms with Crippen molar-refractivity contribution in [3.63, 3.8) is 0 Å². The molecule has 0 spiro atoms. The number of likely N-dealkylation sites (N-methyl/N-ethyl adjacent to an activating group) is 1. The molecular weight excluding hydrogens is 222 g/mol. The van der Waals surface area contributed by atoms with Crippen molar-refractivity contribution < 1.29 is 9.31 Å². The number of hydrogen-bond acceptors (Lipinski definition) is 1. The number of rotatable bonds is 1. The van der Waals surface area contributed by atoms with Gasteiger partial charge < -0.3 is 4.74 Å². The van der Waals surface area contributed by atoms with Gasteiger partial charge in [0.25, 0.3) is 0 Å². The highest BCUT2D eigenvalue weighted by molar-refractivity contribution is 5.96. The predicted octanol–water partition coefficient (Wildman–Crippen LogP) is 3.04. The van der Waals surface area contributed by atoms with Gasteiger partial charge in [-0.15, -0.1) is 0 Å². The molecule has 0 saturated carbocycles. The van der Waals surface area contributed by atoms with Gasteiger partial charge in [0.15, 0.2) is 12.1 Å². The highest BCUT2D eigenvalue weighted by atomic mass is 16.5. The Bertz CT molecular complexity index is 640. The molecule has 3 rings (SSSR count). The predicted molar refractivity (Wildman–Crippen MR) is 74.3 cm³/mol. The highest BCUT2D eigenvalue weighted by Gasteiger charge is 2.40. The van der Waals surface area contributed by atoms with E-state index < -0.39 is 0 Å². The molecule has 0 N–H and O–H groups in total. The lowest BCUT2D eigenvalue weighted by Crippen LogP contribution is -2.33. The Labute approximate surface area is 108 Å². The van der Waals surface area contributed by atoms with Crippen LogP contribution in [0.1, 0.15) is 19.4 Å². The van der Waals surface area contributed by atoms with Crippen LogP contribution >= 0.6 is 0 Å². The van der Waals surface area contributed by atoms with Gasteiger partial charge in [-0.1, -0.05) is 30.3 Å². The first-order valence-corrected chi connectivity index (χ1v) is 6.31. The van der Waals surface area contributed by atoms with Gasteiger partial charge in [0.2, 0.25) is 0 Å². The molecule has 0 amide bonds. The van der Waals surface area contributed by atoms with Crippen molar-refractivity contribution in [1.29, 1.82) is 0 Å². The topological polar surface area (TPSA) is 12.2 Å². The maximum absolute atomic E-state index is 5.86. The van der Waals surface area contributed by atoms with Crippen molar-refractivity contribution in [2.24, 2.45) is 0 Å². The lowest BCUT2D eigenvalue weighted by atomic mass is 10.1. The summed E-state index contributed by atoms with van der Waals surface area (Å²) in [5.41, 5.74) is 1.22. The molecule has 0 unspecified atom stereocenters. The fourth-order valence-electron chi connectivity index (χ4n) is 2.31. The minimum absolute atomic E-state index is 0.0704. The SMILES string of the molecule is C[N+]1=C(c2ccc3ccccc3c2)OCC1(C)C. The van der Waals surface area contributed by atoms with E-state index in [1.807, 2.05) is 0 Å². The first-order valence-electron chi connectivity index (χ1n) is 6.31. The average molecular weight is 240 g/mol. The van der Waals surface area contributed by atoms with Crippen molar-refractivity contribution >= 4 is 16.7 Å². The second-order valence-corrected chi connectivity index (χ2v) is 5.53. The quantitative estimate of drug-likeness (QED) is 0.698. The molecule has 18 heavy (non-hydrogen) atoms. The first-order chi connectivity index (χ1) is 8.58. The summed E-state index contributed by atoms with van der Waals surface area (Å²) >= 11 is 0. The average Bonchev–Trinajstić information content (AvgIpc) is 2.64. The molecule has 1 heterocycles. The van der Waals surface area contributed by atoms with Crippen molar-refractivity contribution in [3.8, 4) is 0 Å². The van der Waals surface area contributed by atoms with E-state index in [0.29, 0.717) is 0 Å². The third kappa shape index (κ3) is 1.69. The summed E-state index contributed by atoms with van der Waals surface area (Å²) < 4.78 is 8.08. The van der Waals surface area contributed by atoms with Crippen molar-refractivity contribution in [2.75, 3.05) is 13.7 Å². The van der Waals surface area contributed by atoms with Crippen LogP contribution in [0.2, 0.25) is 0 Å². The minimum Gasteiger partial charge on any atom is -0.437 e. The fourth-order valence-corrected chi connectivity index (χ4v) is 2.31. The molecular formula is C16H18NO+. The van der Waals surface area contributed by atoms with Crippen molar-refractivity contribution in [2.45, 2.75) is 19.4 Å². The van der Waals surface area contributed by atoms with Gasteiger partial charge in [-0.2, -0.15) is 4.58 Å². The molecule has 0 atom stereocenters. The molecule has 2 heteroatoms. The summed E-state index contributed by atoms with van der Waals surface area (Å²) in [4.78, 5) is 0. The third-order valence-corrected chi connectivity index (χ3v) is 3.77. The summed E-state index contributed by atoms with van der Waals surface area (Å²) in [6, 6.07) is 14.9. The molecule has 2 aromatic carbocycles. The zero-order valence-corrected chi connectivity index (χ0v) is 11.1. The summed E-state index contributed by atoms with van der Waals surface area (Å²) in [6.45, 7) is 5.13. The molecule has 0 bridgehead atoms. The largest absolute Gasteiger partial charge is 0.437 e. The smallest absolute Gasteiger partial charge is 0.370 e. The van der Waals surface area contributed by atoms with E-state index in [2.05, 4.69) is 67.9 Å². The number of ether oxygens (including phenoxy) is 1. The maximum Gasteiger partial charge on any atom is 0.370 e. The Kier molecular flexibility index (Phi) is 2.40. The molecule has 0 aliphatic carbocycles. The number of hydrogen-bond donors (Lipinski definition) is 0. The van der Waals surface area contributed by atoms with Gasteiger partial charge in [-0.25, -0.2) is 0 Å². The molecule has 1 aliphatic rings. The van der Waals surface area contributed by atoms with Crippen LogP contribution in [0.4, 0.5) is 0 Å². The lowest BCUT2D eigenvalue weighted by molar-refractivity contribution is -0.562. The van der Waals surface area contributed by atoms with Crippen molar-refractivity contribution in [3.05, 3.63) is 48.0 Å². The molecule has 0 fully saturated rings. The monoisotopic (exact) mass is 240 g/mol. The van der Waals surface area contributed by atoms with Crippen LogP contribution in [0.25, 0.3) is 10.8 Å². The Balaban J connectivity index is 2.13. The lowest BCUT2D eigenvalue weighted by Gasteiger charge is -2.09. The Morgan fingerprint density at radius 3 is 2.44 bits per heavy atom. The van der Waals surface area contributed by atoms with Crippen LogP contribution in [-0.4, -0.2) is 29.7 Å². The zero-order valence-electron chi connectivity index (χ0n) is 11.1. The Hall–Kier alpha value is -1.83. The van der Waals surface area contributed by atoms with Gasteiger partial charge in [0, 0.05) is 13.8 Å². The van der Waals surface area contributed by atoms with Gasteiger partial charge in [0.05, 0.1) is 5.56 Å². The Morgan fingerprint density at radius 2 is 1.78 bits per heavy atom. The molecule has 0 radical (unpaired) electrons. The number of benzene rings is 2. The minimum atomic E-state index is 0.0704. The van der Waals surface area contributed by atoms with Crippen LogP contribution in [0.5, 0.6) is 0 Å². The van der Waals surface area contributed by atoms with Gasteiger partial charge in [0.1, 0.15) is 7.05 Å². The summed E-state index contributed by atoms with van der Waals surface area (Å²) in [7, 11) is 2.09. The van der Waals surface area contributed by atoms with Gasteiger partial charge >= 0.3 is 5.90 Å². The third-order valence-electron chi connectivity index (χ3n) is 3.77. The van der Waals surface area contributed by atoms with Crippen LogP contribution in [0.3, 0.4) is 0 Å². The highest BCUT2D eigenvalue weighted by Crippen LogP contribution is 2.22. The van der Waals surface area contributed by atoms with E-state index >= 15 is 0 Å². The Morgan fingerprint density at radius 1 is 1.06 bits per heavy atom. The summed E-state index contributed by atoms with van der Waals surface area (Å²) in [5, 5.41) is 2.52. The van der Waals surface area contributed by atoms with E-state index in [0.717, 1.165) is 18.1 Å².